The van der Waals surface area contributed by atoms with E-state index >= 15 is 0 Å². The lowest BCUT2D eigenvalue weighted by Gasteiger charge is -2.36. The number of rotatable bonds is 2. The second kappa shape index (κ2) is 6.97. The molecule has 1 atom stereocenters. The Labute approximate surface area is 172 Å². The molecule has 3 aliphatic rings. The summed E-state index contributed by atoms with van der Waals surface area (Å²) in [6.45, 7) is 4.08. The fourth-order valence-corrected chi connectivity index (χ4v) is 4.60. The molecule has 160 valence electrons. The molecule has 0 unspecified atom stereocenters. The number of piperidine rings is 1. The van der Waals surface area contributed by atoms with Gasteiger partial charge in [0.1, 0.15) is 11.3 Å². The molecule has 1 amide bonds. The minimum Gasteiger partial charge on any atom is -0.376 e. The molecule has 10 heteroatoms. The first-order valence-electron chi connectivity index (χ1n) is 10.1. The predicted octanol–water partition coefficient (Wildman–Crippen LogP) is 2.32. The summed E-state index contributed by atoms with van der Waals surface area (Å²) in [7, 11) is 0. The molecular weight excluding hydrogens is 396 g/mol. The first-order chi connectivity index (χ1) is 14.4. The van der Waals surface area contributed by atoms with Crippen LogP contribution in [-0.4, -0.2) is 64.6 Å². The molecule has 0 N–H and O–H groups in total. The van der Waals surface area contributed by atoms with Gasteiger partial charge >= 0.3 is 0 Å². The first kappa shape index (κ1) is 19.3. The molecule has 2 aromatic rings. The van der Waals surface area contributed by atoms with Crippen LogP contribution in [0, 0.1) is 6.92 Å². The molecule has 2 aromatic heterocycles. The number of anilines is 1. The van der Waals surface area contributed by atoms with Crippen LogP contribution in [0.25, 0.3) is 0 Å². The van der Waals surface area contributed by atoms with Crippen LogP contribution in [0.15, 0.2) is 16.9 Å². The molecule has 30 heavy (non-hydrogen) atoms. The smallest absolute Gasteiger partial charge is 0.259 e. The number of fused-ring (bicyclic) bond motifs is 2. The van der Waals surface area contributed by atoms with E-state index in [1.807, 2.05) is 4.90 Å². The van der Waals surface area contributed by atoms with Gasteiger partial charge in [0.05, 0.1) is 30.5 Å². The van der Waals surface area contributed by atoms with Crippen molar-refractivity contribution in [2.75, 3.05) is 37.7 Å². The fourth-order valence-electron chi connectivity index (χ4n) is 4.60. The van der Waals surface area contributed by atoms with Gasteiger partial charge in [-0.1, -0.05) is 5.16 Å². The Morgan fingerprint density at radius 2 is 1.97 bits per heavy atom. The normalized spacial score (nSPS) is 25.6. The molecule has 1 spiro atoms. The van der Waals surface area contributed by atoms with Crippen LogP contribution in [-0.2, 0) is 16.8 Å². The maximum Gasteiger partial charge on any atom is 0.259 e. The number of aryl methyl sites for hydroxylation is 1. The van der Waals surface area contributed by atoms with E-state index in [0.29, 0.717) is 50.0 Å². The van der Waals surface area contributed by atoms with Gasteiger partial charge in [0.25, 0.3) is 11.8 Å². The van der Waals surface area contributed by atoms with Crippen molar-refractivity contribution in [1.29, 1.82) is 0 Å². The van der Waals surface area contributed by atoms with Crippen molar-refractivity contribution in [3.63, 3.8) is 0 Å². The fraction of sp³-hybridized carbons (Fsp3) is 0.600. The molecule has 0 bridgehead atoms. The van der Waals surface area contributed by atoms with E-state index in [-0.39, 0.29) is 31.8 Å². The van der Waals surface area contributed by atoms with Crippen molar-refractivity contribution in [1.82, 2.24) is 20.0 Å². The summed E-state index contributed by atoms with van der Waals surface area (Å²) >= 11 is 0. The third-order valence-corrected chi connectivity index (χ3v) is 6.39. The third-order valence-electron chi connectivity index (χ3n) is 6.39. The van der Waals surface area contributed by atoms with Gasteiger partial charge in [0.2, 0.25) is 5.95 Å². The van der Waals surface area contributed by atoms with Crippen molar-refractivity contribution < 1.29 is 22.8 Å². The van der Waals surface area contributed by atoms with Crippen LogP contribution in [0.1, 0.15) is 46.6 Å². The minimum absolute atomic E-state index is 0.120. The summed E-state index contributed by atoms with van der Waals surface area (Å²) in [6, 6.07) is 0. The Kier molecular flexibility index (Phi) is 4.49. The van der Waals surface area contributed by atoms with Crippen LogP contribution in [0.5, 0.6) is 0 Å². The molecular formula is C20H23F2N5O3. The SMILES string of the molecule is Cc1oncc1C(=O)N1CC[C@@]2(COCc3cnc(N4CCC(F)(F)CC4)nc32)C1. The molecule has 0 aliphatic carbocycles. The Morgan fingerprint density at radius 1 is 1.17 bits per heavy atom. The van der Waals surface area contributed by atoms with Gasteiger partial charge in [-0.25, -0.2) is 18.7 Å². The standard InChI is InChI=1S/C20H23F2N5O3/c1-13-15(9-24-30-13)17(28)27-5-2-19(11-27)12-29-10-14-8-23-18(25-16(14)19)26-6-3-20(21,22)4-7-26/h8-9H,2-7,10-12H2,1H3/t19-/m0/s1. The van der Waals surface area contributed by atoms with Crippen molar-refractivity contribution in [2.24, 2.45) is 0 Å². The van der Waals surface area contributed by atoms with Crippen molar-refractivity contribution in [2.45, 2.75) is 44.1 Å². The van der Waals surface area contributed by atoms with E-state index in [2.05, 4.69) is 10.1 Å². The second-order valence-electron chi connectivity index (χ2n) is 8.43. The average Bonchev–Trinajstić information content (AvgIpc) is 3.35. The quantitative estimate of drug-likeness (QED) is 0.739. The number of likely N-dealkylation sites (tertiary alicyclic amines) is 1. The Morgan fingerprint density at radius 3 is 2.70 bits per heavy atom. The summed E-state index contributed by atoms with van der Waals surface area (Å²) in [5.74, 6) is -1.77. The minimum atomic E-state index is -2.62. The van der Waals surface area contributed by atoms with Crippen LogP contribution >= 0.6 is 0 Å². The summed E-state index contributed by atoms with van der Waals surface area (Å²) in [5, 5.41) is 3.70. The number of amides is 1. The molecule has 3 aliphatic heterocycles. The average molecular weight is 419 g/mol. The lowest BCUT2D eigenvalue weighted by molar-refractivity contribution is -0.0223. The van der Waals surface area contributed by atoms with Gasteiger partial charge in [-0.15, -0.1) is 0 Å². The Hall–Kier alpha value is -2.62. The zero-order valence-electron chi connectivity index (χ0n) is 16.7. The highest BCUT2D eigenvalue weighted by molar-refractivity contribution is 5.95. The Bertz CT molecular complexity index is 971. The van der Waals surface area contributed by atoms with Crippen molar-refractivity contribution in [3.05, 3.63) is 35.0 Å². The van der Waals surface area contributed by atoms with Gasteiger partial charge in [0.15, 0.2) is 0 Å². The highest BCUT2D eigenvalue weighted by Crippen LogP contribution is 2.40. The molecule has 0 saturated carbocycles. The number of hydrogen-bond acceptors (Lipinski definition) is 7. The van der Waals surface area contributed by atoms with E-state index < -0.39 is 11.3 Å². The van der Waals surface area contributed by atoms with Gasteiger partial charge in [-0.2, -0.15) is 0 Å². The first-order valence-corrected chi connectivity index (χ1v) is 10.1. The van der Waals surface area contributed by atoms with Crippen LogP contribution in [0.2, 0.25) is 0 Å². The predicted molar refractivity (Wildman–Crippen MR) is 102 cm³/mol. The van der Waals surface area contributed by atoms with Crippen LogP contribution in [0.4, 0.5) is 14.7 Å². The number of halogens is 2. The maximum atomic E-state index is 13.5. The number of alkyl halides is 2. The van der Waals surface area contributed by atoms with Gasteiger partial charge in [-0.05, 0) is 13.3 Å². The number of ether oxygens (including phenoxy) is 1. The third kappa shape index (κ3) is 3.23. The van der Waals surface area contributed by atoms with E-state index in [1.54, 1.807) is 18.0 Å². The Balaban J connectivity index is 1.41. The molecule has 5 heterocycles. The zero-order valence-corrected chi connectivity index (χ0v) is 16.7. The van der Waals surface area contributed by atoms with Crippen LogP contribution < -0.4 is 4.90 Å². The second-order valence-corrected chi connectivity index (χ2v) is 8.43. The molecule has 5 rings (SSSR count). The molecule has 0 aromatic carbocycles. The summed E-state index contributed by atoms with van der Waals surface area (Å²) in [5.41, 5.74) is 1.80. The highest BCUT2D eigenvalue weighted by Gasteiger charge is 2.47. The van der Waals surface area contributed by atoms with Gasteiger partial charge < -0.3 is 19.1 Å². The van der Waals surface area contributed by atoms with E-state index in [0.717, 1.165) is 11.3 Å². The number of carbonyl (C=O) groups excluding carboxylic acids is 1. The molecule has 0 radical (unpaired) electrons. The molecule has 2 saturated heterocycles. The summed E-state index contributed by atoms with van der Waals surface area (Å²) in [4.78, 5) is 25.7. The van der Waals surface area contributed by atoms with E-state index in [1.165, 1.54) is 6.20 Å². The summed E-state index contributed by atoms with van der Waals surface area (Å²) < 4.78 is 37.9. The molecule has 8 nitrogen and oxygen atoms in total. The highest BCUT2D eigenvalue weighted by atomic mass is 19.3. The van der Waals surface area contributed by atoms with Crippen molar-refractivity contribution in [3.8, 4) is 0 Å². The largest absolute Gasteiger partial charge is 0.376 e. The number of carbonyl (C=O) groups is 1. The van der Waals surface area contributed by atoms with E-state index in [4.69, 9.17) is 14.2 Å². The number of hydrogen-bond donors (Lipinski definition) is 0. The van der Waals surface area contributed by atoms with Gasteiger partial charge in [0, 0.05) is 50.8 Å². The van der Waals surface area contributed by atoms with Crippen LogP contribution in [0.3, 0.4) is 0 Å². The lowest BCUT2D eigenvalue weighted by atomic mass is 9.80. The lowest BCUT2D eigenvalue weighted by Crippen LogP contribution is -2.43. The summed E-state index contributed by atoms with van der Waals surface area (Å²) in [6.07, 6.45) is 3.51. The number of nitrogens with zero attached hydrogens (tertiary/aromatic N) is 5. The van der Waals surface area contributed by atoms with E-state index in [9.17, 15) is 13.6 Å². The maximum absolute atomic E-state index is 13.5. The van der Waals surface area contributed by atoms with Gasteiger partial charge in [-0.3, -0.25) is 4.79 Å². The zero-order chi connectivity index (χ0) is 20.9. The topological polar surface area (TPSA) is 84.6 Å². The molecule has 2 fully saturated rings. The van der Waals surface area contributed by atoms with Crippen molar-refractivity contribution >= 4 is 11.9 Å². The monoisotopic (exact) mass is 419 g/mol. The number of aromatic nitrogens is 3.